The number of sulfonamides is 1. The number of benzene rings is 1. The van der Waals surface area contributed by atoms with Gasteiger partial charge in [0.25, 0.3) is 10.0 Å². The van der Waals surface area contributed by atoms with Gasteiger partial charge in [-0.05, 0) is 24.3 Å². The van der Waals surface area contributed by atoms with Crippen molar-refractivity contribution < 1.29 is 21.9 Å². The van der Waals surface area contributed by atoms with Gasteiger partial charge in [-0.2, -0.15) is 0 Å². The highest BCUT2D eigenvalue weighted by Crippen LogP contribution is 2.38. The third kappa shape index (κ3) is 4.61. The summed E-state index contributed by atoms with van der Waals surface area (Å²) in [6, 6.07) is 5.73. The minimum Gasteiger partial charge on any atom is -0.480 e. The van der Waals surface area contributed by atoms with Crippen molar-refractivity contribution in [3.63, 3.8) is 0 Å². The third-order valence-electron chi connectivity index (χ3n) is 5.48. The van der Waals surface area contributed by atoms with Gasteiger partial charge in [-0.1, -0.05) is 0 Å². The van der Waals surface area contributed by atoms with Gasteiger partial charge in [-0.15, -0.1) is 11.3 Å². The van der Waals surface area contributed by atoms with Crippen molar-refractivity contribution in [1.29, 1.82) is 0 Å². The zero-order chi connectivity index (χ0) is 24.6. The number of fused-ring (bicyclic) bond motifs is 1. The Bertz CT molecular complexity index is 1510. The van der Waals surface area contributed by atoms with E-state index in [0.717, 1.165) is 59.2 Å². The second kappa shape index (κ2) is 9.32. The topological polar surface area (TPSA) is 109 Å². The molecular formula is C22H20F2N6O3S2. The molecule has 1 saturated heterocycles. The molecule has 0 unspecified atom stereocenters. The molecule has 1 fully saturated rings. The summed E-state index contributed by atoms with van der Waals surface area (Å²) in [5.41, 5.74) is 0.622. The molecule has 1 aromatic carbocycles. The van der Waals surface area contributed by atoms with Gasteiger partial charge in [0.2, 0.25) is 5.88 Å². The Labute approximate surface area is 203 Å². The highest BCUT2D eigenvalue weighted by atomic mass is 32.2. The maximum atomic E-state index is 14.2. The van der Waals surface area contributed by atoms with Crippen molar-refractivity contribution in [2.75, 3.05) is 42.9 Å². The fraction of sp³-hybridized carbons (Fsp3) is 0.227. The van der Waals surface area contributed by atoms with Crippen LogP contribution in [0.2, 0.25) is 0 Å². The summed E-state index contributed by atoms with van der Waals surface area (Å²) >= 11 is 1.42. The van der Waals surface area contributed by atoms with Crippen LogP contribution in [-0.4, -0.2) is 56.7 Å². The number of ether oxygens (including phenoxy) is 1. The first-order chi connectivity index (χ1) is 16.9. The van der Waals surface area contributed by atoms with Crippen molar-refractivity contribution in [3.8, 4) is 16.3 Å². The molecule has 0 radical (unpaired) electrons. The van der Waals surface area contributed by atoms with E-state index in [-0.39, 0.29) is 11.6 Å². The van der Waals surface area contributed by atoms with Crippen LogP contribution in [0.5, 0.6) is 5.88 Å². The van der Waals surface area contributed by atoms with Gasteiger partial charge in [0.1, 0.15) is 39.2 Å². The molecular weight excluding hydrogens is 498 g/mol. The molecule has 13 heteroatoms. The summed E-state index contributed by atoms with van der Waals surface area (Å²) < 4.78 is 60.6. The molecule has 0 saturated carbocycles. The van der Waals surface area contributed by atoms with E-state index in [4.69, 9.17) is 4.74 Å². The number of hydrogen-bond acceptors (Lipinski definition) is 9. The molecule has 0 aliphatic carbocycles. The van der Waals surface area contributed by atoms with Crippen LogP contribution < -0.4 is 19.7 Å². The molecule has 1 aliphatic heterocycles. The molecule has 2 N–H and O–H groups in total. The Balaban J connectivity index is 1.52. The lowest BCUT2D eigenvalue weighted by Crippen LogP contribution is -2.43. The second-order valence-electron chi connectivity index (χ2n) is 7.72. The predicted molar refractivity (Wildman–Crippen MR) is 129 cm³/mol. The largest absolute Gasteiger partial charge is 0.480 e. The average Bonchev–Trinajstić information content (AvgIpc) is 3.28. The monoisotopic (exact) mass is 518 g/mol. The molecule has 0 atom stereocenters. The Kier molecular flexibility index (Phi) is 6.21. The molecule has 182 valence electrons. The van der Waals surface area contributed by atoms with Crippen molar-refractivity contribution >= 4 is 43.1 Å². The first-order valence-electron chi connectivity index (χ1n) is 10.6. The van der Waals surface area contributed by atoms with Gasteiger partial charge >= 0.3 is 0 Å². The van der Waals surface area contributed by atoms with Crippen LogP contribution >= 0.6 is 11.3 Å². The minimum absolute atomic E-state index is 0.00209. The van der Waals surface area contributed by atoms with Gasteiger partial charge < -0.3 is 15.0 Å². The fourth-order valence-corrected chi connectivity index (χ4v) is 5.91. The number of piperazine rings is 1. The third-order valence-corrected chi connectivity index (χ3v) is 7.97. The van der Waals surface area contributed by atoms with E-state index in [9.17, 15) is 17.2 Å². The first-order valence-corrected chi connectivity index (χ1v) is 12.9. The summed E-state index contributed by atoms with van der Waals surface area (Å²) in [5.74, 6) is -1.24. The van der Waals surface area contributed by atoms with Crippen LogP contribution in [0.25, 0.3) is 20.7 Å². The van der Waals surface area contributed by atoms with Gasteiger partial charge in [0.05, 0.1) is 12.5 Å². The smallest absolute Gasteiger partial charge is 0.264 e. The van der Waals surface area contributed by atoms with Crippen LogP contribution in [0.3, 0.4) is 0 Å². The van der Waals surface area contributed by atoms with Crippen LogP contribution in [0.4, 0.5) is 20.3 Å². The number of methoxy groups -OCH3 is 1. The summed E-state index contributed by atoms with van der Waals surface area (Å²) in [5, 5.41) is 4.21. The van der Waals surface area contributed by atoms with E-state index in [1.54, 1.807) is 12.3 Å². The zero-order valence-electron chi connectivity index (χ0n) is 18.5. The van der Waals surface area contributed by atoms with Crippen LogP contribution in [0.15, 0.2) is 47.8 Å². The summed E-state index contributed by atoms with van der Waals surface area (Å²) in [6.07, 6.45) is 3.08. The number of halogens is 2. The number of anilines is 2. The molecule has 0 bridgehead atoms. The Morgan fingerprint density at radius 3 is 2.66 bits per heavy atom. The first kappa shape index (κ1) is 23.3. The number of thiophene rings is 1. The molecule has 4 aromatic rings. The number of aromatic nitrogens is 3. The molecule has 5 rings (SSSR count). The number of nitrogens with zero attached hydrogens (tertiary/aromatic N) is 4. The Morgan fingerprint density at radius 2 is 1.91 bits per heavy atom. The summed E-state index contributed by atoms with van der Waals surface area (Å²) in [6.45, 7) is 3.38. The van der Waals surface area contributed by atoms with Crippen LogP contribution in [0.1, 0.15) is 0 Å². The molecule has 0 amide bonds. The highest BCUT2D eigenvalue weighted by Gasteiger charge is 2.23. The maximum absolute atomic E-state index is 14.2. The van der Waals surface area contributed by atoms with E-state index in [1.807, 2.05) is 6.07 Å². The number of rotatable bonds is 6. The van der Waals surface area contributed by atoms with Gasteiger partial charge in [0.15, 0.2) is 0 Å². The highest BCUT2D eigenvalue weighted by molar-refractivity contribution is 7.92. The second-order valence-corrected chi connectivity index (χ2v) is 10.4. The number of pyridine rings is 1. The lowest BCUT2D eigenvalue weighted by Gasteiger charge is -2.28. The van der Waals surface area contributed by atoms with E-state index in [1.165, 1.54) is 24.8 Å². The van der Waals surface area contributed by atoms with Crippen molar-refractivity contribution in [2.45, 2.75) is 4.90 Å². The molecule has 0 spiro atoms. The number of nitrogens with one attached hydrogen (secondary N) is 2. The average molecular weight is 519 g/mol. The molecule has 35 heavy (non-hydrogen) atoms. The van der Waals surface area contributed by atoms with Crippen LogP contribution in [0, 0.1) is 11.6 Å². The van der Waals surface area contributed by atoms with E-state index >= 15 is 0 Å². The van der Waals surface area contributed by atoms with Gasteiger partial charge in [0, 0.05) is 48.9 Å². The molecule has 1 aliphatic rings. The lowest BCUT2D eigenvalue weighted by atomic mass is 10.2. The van der Waals surface area contributed by atoms with Crippen molar-refractivity contribution in [1.82, 2.24) is 20.3 Å². The molecule has 4 heterocycles. The van der Waals surface area contributed by atoms with E-state index in [2.05, 4.69) is 29.9 Å². The van der Waals surface area contributed by atoms with Crippen molar-refractivity contribution in [3.05, 3.63) is 54.5 Å². The Hall–Kier alpha value is -3.42. The lowest BCUT2D eigenvalue weighted by molar-refractivity contribution is 0.400. The molecule has 3 aromatic heterocycles. The minimum atomic E-state index is -4.38. The Morgan fingerprint density at radius 1 is 1.11 bits per heavy atom. The normalized spacial score (nSPS) is 14.3. The van der Waals surface area contributed by atoms with E-state index in [0.29, 0.717) is 11.6 Å². The maximum Gasteiger partial charge on any atom is 0.264 e. The van der Waals surface area contributed by atoms with E-state index < -0.39 is 26.6 Å². The quantitative estimate of drug-likeness (QED) is 0.401. The van der Waals surface area contributed by atoms with Crippen LogP contribution in [-0.2, 0) is 10.0 Å². The standard InChI is InChI=1S/C22H20F2N6O3S2/c1-33-21-17(29-35(31,32)19-3-2-14(23)9-16(19)24)8-13(11-26-21)18-10-15-20(27-12-28-22(15)34-18)30-6-4-25-5-7-30/h2-3,8-12,25,29H,4-7H2,1H3. The predicted octanol–water partition coefficient (Wildman–Crippen LogP) is 3.25. The zero-order valence-corrected chi connectivity index (χ0v) is 20.1. The SMILES string of the molecule is COc1ncc(-c2cc3c(N4CCNCC4)ncnc3s2)cc1NS(=O)(=O)c1ccc(F)cc1F. The number of hydrogen-bond donors (Lipinski definition) is 2. The van der Waals surface area contributed by atoms with Crippen molar-refractivity contribution in [2.24, 2.45) is 0 Å². The summed E-state index contributed by atoms with van der Waals surface area (Å²) in [7, 11) is -3.04. The summed E-state index contributed by atoms with van der Waals surface area (Å²) in [4.78, 5) is 16.2. The molecule has 9 nitrogen and oxygen atoms in total. The van der Waals surface area contributed by atoms with Gasteiger partial charge in [-0.3, -0.25) is 4.72 Å². The van der Waals surface area contributed by atoms with Gasteiger partial charge in [-0.25, -0.2) is 32.2 Å². The fourth-order valence-electron chi connectivity index (χ4n) is 3.83.